The number of amides is 1. The van der Waals surface area contributed by atoms with Crippen molar-refractivity contribution in [2.75, 3.05) is 59.3 Å². The summed E-state index contributed by atoms with van der Waals surface area (Å²) in [6.07, 6.45) is -7.59. The number of carbonyl (C=O) groups is 5. The van der Waals surface area contributed by atoms with Crippen LogP contribution in [0.5, 0.6) is 5.75 Å². The SMILES string of the molecule is CC(=O)OC[C@H]1OC(Oc2ccc(CS(=O)(=O)Cl)cc2C(=O)NCCOCCOCCOCCN=[N+]=[N-])[C@H](OC(C)=O)[C@@H](OC(C)=O)[C@H]1OC(C)=O. The Morgan fingerprint density at radius 3 is 2.00 bits per heavy atom. The summed E-state index contributed by atoms with van der Waals surface area (Å²) in [6.45, 7) is 5.31. The molecule has 0 saturated carbocycles. The average molecular weight is 781 g/mol. The van der Waals surface area contributed by atoms with Crippen LogP contribution in [0, 0.1) is 0 Å². The van der Waals surface area contributed by atoms with Gasteiger partial charge in [-0.1, -0.05) is 11.2 Å². The van der Waals surface area contributed by atoms with Crippen molar-refractivity contribution in [2.24, 2.45) is 5.11 Å². The van der Waals surface area contributed by atoms with Crippen molar-refractivity contribution in [3.8, 4) is 5.75 Å². The second kappa shape index (κ2) is 22.6. The standard InChI is InChI=1S/C30H41ClN4O16S/c1-18(36)46-16-25-26(47-19(2)37)27(48-20(3)38)28(49-21(4)39)30(51-25)50-24-6-5-22(17-52(31,41)42)15-23(24)29(40)33-7-9-43-11-13-45-14-12-44-10-8-34-35-32/h5-6,15,25-28,30H,7-14,16-17H2,1-4H3,(H,33,40)/t25-,26+,27+,28-,30?/m1/s1. The van der Waals surface area contributed by atoms with Crippen molar-refractivity contribution in [1.82, 2.24) is 5.32 Å². The van der Waals surface area contributed by atoms with Gasteiger partial charge in [-0.3, -0.25) is 24.0 Å². The number of hydrogen-bond donors (Lipinski definition) is 1. The molecule has 1 aromatic rings. The fourth-order valence-corrected chi connectivity index (χ4v) is 5.53. The maximum atomic E-state index is 13.4. The molecule has 1 heterocycles. The van der Waals surface area contributed by atoms with Gasteiger partial charge in [0.05, 0.1) is 51.0 Å². The van der Waals surface area contributed by atoms with Gasteiger partial charge in [0, 0.05) is 56.4 Å². The number of benzene rings is 1. The van der Waals surface area contributed by atoms with E-state index in [-0.39, 0.29) is 63.0 Å². The minimum absolute atomic E-state index is 0.00210. The first-order valence-corrected chi connectivity index (χ1v) is 18.1. The van der Waals surface area contributed by atoms with Gasteiger partial charge in [-0.25, -0.2) is 8.42 Å². The third kappa shape index (κ3) is 16.9. The largest absolute Gasteiger partial charge is 0.463 e. The normalized spacial score (nSPS) is 19.8. The van der Waals surface area contributed by atoms with Crippen molar-refractivity contribution in [3.05, 3.63) is 39.8 Å². The van der Waals surface area contributed by atoms with E-state index in [1.807, 2.05) is 0 Å². The smallest absolute Gasteiger partial charge is 0.303 e. The zero-order valence-corrected chi connectivity index (χ0v) is 30.4. The summed E-state index contributed by atoms with van der Waals surface area (Å²) in [5, 5.41) is 5.96. The van der Waals surface area contributed by atoms with Crippen molar-refractivity contribution >= 4 is 49.5 Å². The number of nitrogens with one attached hydrogen (secondary N) is 1. The van der Waals surface area contributed by atoms with Crippen molar-refractivity contribution < 1.29 is 75.0 Å². The van der Waals surface area contributed by atoms with Crippen LogP contribution in [0.1, 0.15) is 43.6 Å². The van der Waals surface area contributed by atoms with Gasteiger partial charge >= 0.3 is 23.9 Å². The van der Waals surface area contributed by atoms with Crippen molar-refractivity contribution in [3.63, 3.8) is 0 Å². The molecule has 52 heavy (non-hydrogen) atoms. The quantitative estimate of drug-likeness (QED) is 0.0331. The Bertz CT molecular complexity index is 1540. The number of halogens is 1. The summed E-state index contributed by atoms with van der Waals surface area (Å²) < 4.78 is 72.9. The van der Waals surface area contributed by atoms with E-state index < -0.39 is 81.9 Å². The molecule has 290 valence electrons. The minimum Gasteiger partial charge on any atom is -0.463 e. The zero-order chi connectivity index (χ0) is 38.7. The topological polar surface area (TPSA) is 263 Å². The first kappa shape index (κ1) is 43.9. The molecule has 1 aliphatic heterocycles. The molecule has 2 rings (SSSR count). The average Bonchev–Trinajstić information content (AvgIpc) is 3.04. The minimum atomic E-state index is -4.05. The number of hydrogen-bond acceptors (Lipinski definition) is 17. The highest BCUT2D eigenvalue weighted by atomic mass is 35.7. The Morgan fingerprint density at radius 2 is 1.42 bits per heavy atom. The molecule has 22 heteroatoms. The van der Waals surface area contributed by atoms with Crippen molar-refractivity contribution in [2.45, 2.75) is 64.2 Å². The van der Waals surface area contributed by atoms with E-state index in [4.69, 9.17) is 58.8 Å². The van der Waals surface area contributed by atoms with Crippen LogP contribution < -0.4 is 10.1 Å². The molecule has 1 N–H and O–H groups in total. The molecule has 20 nitrogen and oxygen atoms in total. The fourth-order valence-electron chi connectivity index (χ4n) is 4.58. The Balaban J connectivity index is 2.27. The maximum Gasteiger partial charge on any atom is 0.303 e. The lowest BCUT2D eigenvalue weighted by Crippen LogP contribution is -2.63. The van der Waals surface area contributed by atoms with E-state index >= 15 is 0 Å². The first-order chi connectivity index (χ1) is 24.6. The van der Waals surface area contributed by atoms with Crippen LogP contribution >= 0.6 is 10.7 Å². The molecule has 1 aromatic carbocycles. The second-order valence-electron chi connectivity index (χ2n) is 10.7. The van der Waals surface area contributed by atoms with E-state index in [0.29, 0.717) is 6.61 Å². The second-order valence-corrected chi connectivity index (χ2v) is 13.5. The van der Waals surface area contributed by atoms with Gasteiger partial charge in [0.1, 0.15) is 18.5 Å². The molecule has 0 aliphatic carbocycles. The lowest BCUT2D eigenvalue weighted by atomic mass is 9.98. The van der Waals surface area contributed by atoms with Gasteiger partial charge in [-0.05, 0) is 23.2 Å². The molecule has 0 radical (unpaired) electrons. The van der Waals surface area contributed by atoms with Crippen LogP contribution in [0.3, 0.4) is 0 Å². The number of esters is 4. The van der Waals surface area contributed by atoms with Gasteiger partial charge in [0.25, 0.3) is 5.91 Å². The molecule has 1 amide bonds. The van der Waals surface area contributed by atoms with Crippen LogP contribution in [-0.2, 0) is 71.9 Å². The molecule has 1 fully saturated rings. The Hall–Kier alpha value is -4.24. The highest BCUT2D eigenvalue weighted by Gasteiger charge is 2.53. The van der Waals surface area contributed by atoms with Gasteiger partial charge in [-0.2, -0.15) is 0 Å². The van der Waals surface area contributed by atoms with Gasteiger partial charge in [-0.15, -0.1) is 0 Å². The fraction of sp³-hybridized carbons (Fsp3) is 0.633. The summed E-state index contributed by atoms with van der Waals surface area (Å²) in [7, 11) is 1.40. The lowest BCUT2D eigenvalue weighted by molar-refractivity contribution is -0.288. The summed E-state index contributed by atoms with van der Waals surface area (Å²) in [4.78, 5) is 64.0. The lowest BCUT2D eigenvalue weighted by Gasteiger charge is -2.44. The summed E-state index contributed by atoms with van der Waals surface area (Å²) in [5.74, 6) is -4.88. The molecule has 0 aromatic heterocycles. The van der Waals surface area contributed by atoms with Crippen LogP contribution in [0.15, 0.2) is 23.3 Å². The third-order valence-electron chi connectivity index (χ3n) is 6.49. The van der Waals surface area contributed by atoms with E-state index in [9.17, 15) is 32.4 Å². The number of rotatable bonds is 22. The molecule has 1 unspecified atom stereocenters. The molecule has 0 bridgehead atoms. The number of carbonyl (C=O) groups excluding carboxylic acids is 5. The summed E-state index contributed by atoms with van der Waals surface area (Å²) >= 11 is 0. The first-order valence-electron chi connectivity index (χ1n) is 15.7. The maximum absolute atomic E-state index is 13.4. The molecule has 1 aliphatic rings. The van der Waals surface area contributed by atoms with Crippen LogP contribution in [0.2, 0.25) is 0 Å². The number of ether oxygens (including phenoxy) is 9. The zero-order valence-electron chi connectivity index (χ0n) is 28.8. The highest BCUT2D eigenvalue weighted by Crippen LogP contribution is 2.32. The predicted octanol–water partition coefficient (Wildman–Crippen LogP) is 1.31. The molecule has 5 atom stereocenters. The van der Waals surface area contributed by atoms with Crippen LogP contribution in [-0.4, -0.2) is 128 Å². The van der Waals surface area contributed by atoms with Crippen LogP contribution in [0.25, 0.3) is 10.4 Å². The van der Waals surface area contributed by atoms with Gasteiger partial charge < -0.3 is 47.9 Å². The molecular weight excluding hydrogens is 740 g/mol. The Labute approximate surface area is 303 Å². The third-order valence-corrected chi connectivity index (χ3v) is 7.50. The van der Waals surface area contributed by atoms with E-state index in [1.54, 1.807) is 0 Å². The molecular formula is C30H41ClN4O16S. The van der Waals surface area contributed by atoms with Gasteiger partial charge in [0.2, 0.25) is 21.4 Å². The Kier molecular flexibility index (Phi) is 19.1. The molecule has 0 spiro atoms. The number of nitrogens with zero attached hydrogens (tertiary/aromatic N) is 3. The number of azide groups is 1. The Morgan fingerprint density at radius 1 is 0.846 bits per heavy atom. The van der Waals surface area contributed by atoms with Crippen LogP contribution in [0.4, 0.5) is 0 Å². The predicted molar refractivity (Wildman–Crippen MR) is 176 cm³/mol. The van der Waals surface area contributed by atoms with E-state index in [2.05, 4.69) is 15.3 Å². The highest BCUT2D eigenvalue weighted by molar-refractivity contribution is 8.13. The van der Waals surface area contributed by atoms with Crippen molar-refractivity contribution in [1.29, 1.82) is 0 Å². The molecule has 1 saturated heterocycles. The van der Waals surface area contributed by atoms with E-state index in [0.717, 1.165) is 27.7 Å². The van der Waals surface area contributed by atoms with Gasteiger partial charge in [0.15, 0.2) is 12.2 Å². The monoisotopic (exact) mass is 780 g/mol. The summed E-state index contributed by atoms with van der Waals surface area (Å²) in [5.41, 5.74) is 8.14. The van der Waals surface area contributed by atoms with E-state index in [1.165, 1.54) is 18.2 Å². The summed E-state index contributed by atoms with van der Waals surface area (Å²) in [6, 6.07) is 3.76.